The van der Waals surface area contributed by atoms with Crippen molar-refractivity contribution >= 4 is 39.7 Å². The molecular formula is C17H13BrClN3O3. The molecule has 2 aromatic rings. The van der Waals surface area contributed by atoms with Gasteiger partial charge in [-0.3, -0.25) is 4.79 Å². The number of nitrogens with one attached hydrogen (secondary N) is 1. The second-order valence-corrected chi connectivity index (χ2v) is 5.78. The average molecular weight is 423 g/mol. The Labute approximate surface area is 158 Å². The van der Waals surface area contributed by atoms with Gasteiger partial charge in [-0.2, -0.15) is 5.10 Å². The number of methoxy groups -OCH3 is 1. The number of terminal acetylenes is 1. The van der Waals surface area contributed by atoms with Gasteiger partial charge in [0, 0.05) is 6.20 Å². The topological polar surface area (TPSA) is 72.8 Å². The van der Waals surface area contributed by atoms with Gasteiger partial charge < -0.3 is 9.47 Å². The maximum Gasteiger partial charge on any atom is 0.274 e. The Balaban J connectivity index is 2.13. The summed E-state index contributed by atoms with van der Waals surface area (Å²) in [5.41, 5.74) is 3.30. The normalized spacial score (nSPS) is 10.3. The van der Waals surface area contributed by atoms with Crippen LogP contribution in [0.5, 0.6) is 11.5 Å². The Morgan fingerprint density at radius 1 is 1.56 bits per heavy atom. The fourth-order valence-electron chi connectivity index (χ4n) is 1.85. The number of ether oxygens (including phenoxy) is 2. The standard InChI is InChI=1S/C17H13BrClN3O3/c1-3-7-25-15-13(18)8-11(9-14(15)24-2)10-21-22-17(23)12-5-4-6-20-16(12)19/h1,4-6,8-10H,7H2,2H3,(H,22,23). The van der Waals surface area contributed by atoms with E-state index in [4.69, 9.17) is 27.5 Å². The van der Waals surface area contributed by atoms with Gasteiger partial charge in [-0.05, 0) is 45.8 Å². The zero-order chi connectivity index (χ0) is 18.2. The molecule has 1 heterocycles. The van der Waals surface area contributed by atoms with E-state index in [1.54, 1.807) is 24.3 Å². The van der Waals surface area contributed by atoms with Crippen LogP contribution < -0.4 is 14.9 Å². The zero-order valence-electron chi connectivity index (χ0n) is 13.1. The third-order valence-corrected chi connectivity index (χ3v) is 3.83. The lowest BCUT2D eigenvalue weighted by Crippen LogP contribution is -2.18. The van der Waals surface area contributed by atoms with E-state index in [1.807, 2.05) is 0 Å². The Kier molecular flexibility index (Phi) is 6.81. The smallest absolute Gasteiger partial charge is 0.274 e. The third kappa shape index (κ3) is 4.95. The van der Waals surface area contributed by atoms with Crippen LogP contribution in [0.15, 0.2) is 40.0 Å². The summed E-state index contributed by atoms with van der Waals surface area (Å²) in [7, 11) is 1.51. The van der Waals surface area contributed by atoms with Gasteiger partial charge in [-0.25, -0.2) is 10.4 Å². The van der Waals surface area contributed by atoms with Crippen molar-refractivity contribution in [2.75, 3.05) is 13.7 Å². The first kappa shape index (κ1) is 18.8. The van der Waals surface area contributed by atoms with Crippen LogP contribution in [0.2, 0.25) is 5.15 Å². The second-order valence-electron chi connectivity index (χ2n) is 4.57. The fourth-order valence-corrected chi connectivity index (χ4v) is 2.63. The van der Waals surface area contributed by atoms with E-state index in [1.165, 1.54) is 19.5 Å². The predicted molar refractivity (Wildman–Crippen MR) is 99.3 cm³/mol. The molecule has 0 radical (unpaired) electrons. The molecular weight excluding hydrogens is 410 g/mol. The molecule has 1 aromatic carbocycles. The van der Waals surface area contributed by atoms with Gasteiger partial charge in [0.1, 0.15) is 11.8 Å². The summed E-state index contributed by atoms with van der Waals surface area (Å²) in [4.78, 5) is 15.8. The van der Waals surface area contributed by atoms with Crippen molar-refractivity contribution in [2.45, 2.75) is 0 Å². The van der Waals surface area contributed by atoms with Gasteiger partial charge in [0.15, 0.2) is 11.5 Å². The SMILES string of the molecule is C#CCOc1c(Br)cc(C=NNC(=O)c2cccnc2Cl)cc1OC. The van der Waals surface area contributed by atoms with E-state index < -0.39 is 5.91 Å². The number of aromatic nitrogens is 1. The lowest BCUT2D eigenvalue weighted by Gasteiger charge is -2.11. The second kappa shape index (κ2) is 9.06. The van der Waals surface area contributed by atoms with Crippen LogP contribution >= 0.6 is 27.5 Å². The van der Waals surface area contributed by atoms with Crippen LogP contribution in [0.3, 0.4) is 0 Å². The van der Waals surface area contributed by atoms with Crippen molar-refractivity contribution in [1.29, 1.82) is 0 Å². The molecule has 1 aromatic heterocycles. The molecule has 0 saturated heterocycles. The zero-order valence-corrected chi connectivity index (χ0v) is 15.5. The van der Waals surface area contributed by atoms with Crippen LogP contribution in [0.1, 0.15) is 15.9 Å². The van der Waals surface area contributed by atoms with E-state index in [0.717, 1.165) is 0 Å². The minimum absolute atomic E-state index is 0.106. The molecule has 128 valence electrons. The molecule has 1 amide bonds. The van der Waals surface area contributed by atoms with Crippen molar-refractivity contribution in [2.24, 2.45) is 5.10 Å². The molecule has 1 N–H and O–H groups in total. The van der Waals surface area contributed by atoms with E-state index in [-0.39, 0.29) is 17.3 Å². The van der Waals surface area contributed by atoms with Gasteiger partial charge >= 0.3 is 0 Å². The van der Waals surface area contributed by atoms with Crippen LogP contribution in [0, 0.1) is 12.3 Å². The van der Waals surface area contributed by atoms with Crippen molar-refractivity contribution in [1.82, 2.24) is 10.4 Å². The summed E-state index contributed by atoms with van der Waals surface area (Å²) in [6, 6.07) is 6.61. The Morgan fingerprint density at radius 2 is 2.36 bits per heavy atom. The van der Waals surface area contributed by atoms with Crippen molar-refractivity contribution in [3.63, 3.8) is 0 Å². The fraction of sp³-hybridized carbons (Fsp3) is 0.118. The summed E-state index contributed by atoms with van der Waals surface area (Å²) in [6.45, 7) is 0.115. The van der Waals surface area contributed by atoms with Gasteiger partial charge in [0.2, 0.25) is 0 Å². The Hall–Kier alpha value is -2.56. The maximum absolute atomic E-state index is 12.0. The molecule has 0 aliphatic carbocycles. The van der Waals surface area contributed by atoms with Crippen molar-refractivity contribution in [3.05, 3.63) is 51.2 Å². The van der Waals surface area contributed by atoms with Crippen LogP contribution in [-0.4, -0.2) is 30.8 Å². The van der Waals surface area contributed by atoms with E-state index >= 15 is 0 Å². The maximum atomic E-state index is 12.0. The van der Waals surface area contributed by atoms with Gasteiger partial charge in [0.25, 0.3) is 5.91 Å². The first-order valence-corrected chi connectivity index (χ1v) is 8.11. The molecule has 6 nitrogen and oxygen atoms in total. The first-order chi connectivity index (χ1) is 12.1. The van der Waals surface area contributed by atoms with Crippen LogP contribution in [0.25, 0.3) is 0 Å². The van der Waals surface area contributed by atoms with Crippen LogP contribution in [0.4, 0.5) is 0 Å². The summed E-state index contributed by atoms with van der Waals surface area (Å²) >= 11 is 9.25. The number of hydrogen-bond acceptors (Lipinski definition) is 5. The molecule has 0 atom stereocenters. The Bertz CT molecular complexity index is 850. The number of benzene rings is 1. The molecule has 0 spiro atoms. The van der Waals surface area contributed by atoms with Crippen molar-refractivity contribution < 1.29 is 14.3 Å². The Morgan fingerprint density at radius 3 is 3.04 bits per heavy atom. The minimum atomic E-state index is -0.464. The van der Waals surface area contributed by atoms with Crippen molar-refractivity contribution in [3.8, 4) is 23.8 Å². The number of carbonyl (C=O) groups excluding carboxylic acids is 1. The molecule has 0 bridgehead atoms. The van der Waals surface area contributed by atoms with E-state index in [0.29, 0.717) is 21.5 Å². The van der Waals surface area contributed by atoms with Crippen LogP contribution in [-0.2, 0) is 0 Å². The summed E-state index contributed by atoms with van der Waals surface area (Å²) in [5.74, 6) is 2.89. The number of nitrogens with zero attached hydrogens (tertiary/aromatic N) is 2. The largest absolute Gasteiger partial charge is 0.493 e. The number of carbonyl (C=O) groups is 1. The quantitative estimate of drug-likeness (QED) is 0.336. The molecule has 0 saturated carbocycles. The lowest BCUT2D eigenvalue weighted by atomic mass is 10.2. The summed E-state index contributed by atoms with van der Waals surface area (Å²) in [6.07, 6.45) is 8.15. The van der Waals surface area contributed by atoms with Gasteiger partial charge in [-0.15, -0.1) is 6.42 Å². The van der Waals surface area contributed by atoms with E-state index in [9.17, 15) is 4.79 Å². The highest BCUT2D eigenvalue weighted by Crippen LogP contribution is 2.36. The molecule has 0 unspecified atom stereocenters. The van der Waals surface area contributed by atoms with Gasteiger partial charge in [0.05, 0.1) is 23.4 Å². The van der Waals surface area contributed by atoms with Gasteiger partial charge in [-0.1, -0.05) is 17.5 Å². The number of amides is 1. The highest BCUT2D eigenvalue weighted by Gasteiger charge is 2.12. The number of rotatable bonds is 6. The summed E-state index contributed by atoms with van der Waals surface area (Å²) in [5, 5.41) is 4.01. The predicted octanol–water partition coefficient (Wildman–Crippen LogP) is 3.28. The molecule has 25 heavy (non-hydrogen) atoms. The van der Waals surface area contributed by atoms with E-state index in [2.05, 4.69) is 37.4 Å². The molecule has 2 rings (SSSR count). The number of hydrogen-bond donors (Lipinski definition) is 1. The molecule has 0 aliphatic heterocycles. The lowest BCUT2D eigenvalue weighted by molar-refractivity contribution is 0.0955. The molecule has 0 aliphatic rings. The number of pyridine rings is 1. The molecule has 8 heteroatoms. The summed E-state index contributed by atoms with van der Waals surface area (Å²) < 4.78 is 11.4. The minimum Gasteiger partial charge on any atom is -0.493 e. The highest BCUT2D eigenvalue weighted by molar-refractivity contribution is 9.10. The number of halogens is 2. The number of hydrazone groups is 1. The first-order valence-electron chi connectivity index (χ1n) is 6.94. The average Bonchev–Trinajstić information content (AvgIpc) is 2.60. The molecule has 0 fully saturated rings. The third-order valence-electron chi connectivity index (χ3n) is 2.94. The highest BCUT2D eigenvalue weighted by atomic mass is 79.9. The monoisotopic (exact) mass is 421 g/mol.